The van der Waals surface area contributed by atoms with Crippen molar-refractivity contribution < 1.29 is 14.0 Å². The fourth-order valence-electron chi connectivity index (χ4n) is 1.49. The van der Waals surface area contributed by atoms with Crippen molar-refractivity contribution in [3.05, 3.63) is 34.1 Å². The van der Waals surface area contributed by atoms with Crippen LogP contribution in [0, 0.1) is 11.2 Å². The summed E-state index contributed by atoms with van der Waals surface area (Å²) in [5.41, 5.74) is -0.811. The van der Waals surface area contributed by atoms with Crippen molar-refractivity contribution in [1.29, 1.82) is 0 Å². The first-order valence-corrected chi connectivity index (χ1v) is 6.53. The van der Waals surface area contributed by atoms with E-state index in [1.54, 1.807) is 19.9 Å². The Morgan fingerprint density at radius 1 is 1.37 bits per heavy atom. The van der Waals surface area contributed by atoms with Crippen LogP contribution in [0.1, 0.15) is 24.2 Å². The van der Waals surface area contributed by atoms with Crippen molar-refractivity contribution in [3.8, 4) is 0 Å². The first kappa shape index (κ1) is 15.6. The van der Waals surface area contributed by atoms with Crippen molar-refractivity contribution in [3.63, 3.8) is 0 Å². The van der Waals surface area contributed by atoms with Crippen molar-refractivity contribution in [2.45, 2.75) is 13.8 Å². The Kier molecular flexibility index (Phi) is 5.05. The molecule has 0 aliphatic carbocycles. The molecule has 2 N–H and O–H groups in total. The van der Waals surface area contributed by atoms with Gasteiger partial charge in [0.15, 0.2) is 0 Å². The highest BCUT2D eigenvalue weighted by Gasteiger charge is 2.27. The van der Waals surface area contributed by atoms with Gasteiger partial charge in [-0.2, -0.15) is 0 Å². The third-order valence-corrected chi connectivity index (χ3v) is 3.34. The lowest BCUT2D eigenvalue weighted by atomic mass is 9.92. The summed E-state index contributed by atoms with van der Waals surface area (Å²) in [6.07, 6.45) is 0. The van der Waals surface area contributed by atoms with Gasteiger partial charge in [-0.15, -0.1) is 0 Å². The molecule has 2 amide bonds. The Bertz CT molecular complexity index is 503. The van der Waals surface area contributed by atoms with Gasteiger partial charge in [-0.1, -0.05) is 6.07 Å². The van der Waals surface area contributed by atoms with Gasteiger partial charge in [0.05, 0.1) is 15.5 Å². The smallest absolute Gasteiger partial charge is 0.254 e. The van der Waals surface area contributed by atoms with Crippen LogP contribution in [0.5, 0.6) is 0 Å². The second kappa shape index (κ2) is 6.14. The molecule has 0 saturated carbocycles. The first-order chi connectivity index (χ1) is 8.79. The summed E-state index contributed by atoms with van der Waals surface area (Å²) in [5.74, 6) is -1.35. The predicted octanol–water partition coefficient (Wildman–Crippen LogP) is 2.09. The van der Waals surface area contributed by atoms with E-state index in [0.29, 0.717) is 0 Å². The highest BCUT2D eigenvalue weighted by atomic mass is 79.9. The molecule has 0 aromatic heterocycles. The lowest BCUT2D eigenvalue weighted by Gasteiger charge is -2.22. The zero-order valence-electron chi connectivity index (χ0n) is 11.0. The number of rotatable bonds is 4. The van der Waals surface area contributed by atoms with Crippen molar-refractivity contribution in [1.82, 2.24) is 10.6 Å². The normalized spacial score (nSPS) is 11.0. The molecule has 6 heteroatoms. The minimum Gasteiger partial charge on any atom is -0.359 e. The minimum absolute atomic E-state index is 0.0536. The Balaban J connectivity index is 2.76. The van der Waals surface area contributed by atoms with Crippen molar-refractivity contribution >= 4 is 27.7 Å². The van der Waals surface area contributed by atoms with Crippen LogP contribution in [0.4, 0.5) is 4.39 Å². The molecule has 0 fully saturated rings. The number of benzene rings is 1. The van der Waals surface area contributed by atoms with Gasteiger partial charge < -0.3 is 10.6 Å². The topological polar surface area (TPSA) is 58.2 Å². The number of hydrogen-bond acceptors (Lipinski definition) is 2. The molecular weight excluding hydrogens is 315 g/mol. The number of halogens is 2. The summed E-state index contributed by atoms with van der Waals surface area (Å²) < 4.78 is 13.9. The van der Waals surface area contributed by atoms with E-state index >= 15 is 0 Å². The average molecular weight is 331 g/mol. The number of hydrogen-bond donors (Lipinski definition) is 2. The lowest BCUT2D eigenvalue weighted by molar-refractivity contribution is -0.128. The summed E-state index contributed by atoms with van der Waals surface area (Å²) >= 11 is 3.02. The van der Waals surface area contributed by atoms with Gasteiger partial charge in [-0.3, -0.25) is 9.59 Å². The van der Waals surface area contributed by atoms with Crippen LogP contribution in [0.3, 0.4) is 0 Å². The fraction of sp³-hybridized carbons (Fsp3) is 0.385. The number of carbonyl (C=O) groups excluding carboxylic acids is 2. The maximum absolute atomic E-state index is 13.7. The van der Waals surface area contributed by atoms with Gasteiger partial charge in [0.1, 0.15) is 5.82 Å². The largest absolute Gasteiger partial charge is 0.359 e. The maximum atomic E-state index is 13.7. The summed E-state index contributed by atoms with van der Waals surface area (Å²) in [6, 6.07) is 4.48. The van der Waals surface area contributed by atoms with Crippen LogP contribution in [-0.4, -0.2) is 25.4 Å². The van der Waals surface area contributed by atoms with Crippen LogP contribution >= 0.6 is 15.9 Å². The van der Waals surface area contributed by atoms with Crippen LogP contribution in [-0.2, 0) is 4.79 Å². The van der Waals surface area contributed by atoms with Crippen LogP contribution < -0.4 is 10.6 Å². The minimum atomic E-state index is -0.757. The number of carbonyl (C=O) groups is 2. The zero-order chi connectivity index (χ0) is 14.6. The van der Waals surface area contributed by atoms with Crippen LogP contribution in [0.15, 0.2) is 22.7 Å². The quantitative estimate of drug-likeness (QED) is 0.888. The van der Waals surface area contributed by atoms with E-state index in [9.17, 15) is 14.0 Å². The molecule has 1 aromatic rings. The standard InChI is InChI=1S/C13H16BrFN2O2/c1-13(2,12(19)16-3)7-17-11(18)8-5-4-6-9(14)10(8)15/h4-6H,7H2,1-3H3,(H,16,19)(H,17,18). The zero-order valence-corrected chi connectivity index (χ0v) is 12.6. The molecule has 1 aromatic carbocycles. The maximum Gasteiger partial charge on any atom is 0.254 e. The molecule has 1 rings (SSSR count). The highest BCUT2D eigenvalue weighted by Crippen LogP contribution is 2.19. The molecule has 0 aliphatic rings. The Hall–Kier alpha value is -1.43. The van der Waals surface area contributed by atoms with Gasteiger partial charge in [-0.05, 0) is 41.9 Å². The van der Waals surface area contributed by atoms with Gasteiger partial charge in [0, 0.05) is 13.6 Å². The summed E-state index contributed by atoms with van der Waals surface area (Å²) in [4.78, 5) is 23.4. The molecular formula is C13H16BrFN2O2. The molecule has 0 aliphatic heterocycles. The van der Waals surface area contributed by atoms with Gasteiger partial charge in [0.25, 0.3) is 5.91 Å². The Morgan fingerprint density at radius 2 is 2.00 bits per heavy atom. The molecule has 104 valence electrons. The first-order valence-electron chi connectivity index (χ1n) is 5.74. The van der Waals surface area contributed by atoms with Crippen LogP contribution in [0.25, 0.3) is 0 Å². The molecule has 0 saturated heterocycles. The molecule has 0 radical (unpaired) electrons. The molecule has 0 atom stereocenters. The van der Waals surface area contributed by atoms with E-state index in [-0.39, 0.29) is 22.5 Å². The molecule has 4 nitrogen and oxygen atoms in total. The lowest BCUT2D eigenvalue weighted by Crippen LogP contribution is -2.43. The van der Waals surface area contributed by atoms with E-state index in [1.807, 2.05) is 0 Å². The summed E-state index contributed by atoms with van der Waals surface area (Å²) in [6.45, 7) is 3.52. The number of nitrogens with one attached hydrogen (secondary N) is 2. The van der Waals surface area contributed by atoms with E-state index in [1.165, 1.54) is 19.2 Å². The van der Waals surface area contributed by atoms with E-state index in [2.05, 4.69) is 26.6 Å². The van der Waals surface area contributed by atoms with Gasteiger partial charge in [0.2, 0.25) is 5.91 Å². The molecule has 0 unspecified atom stereocenters. The molecule has 0 spiro atoms. The van der Waals surface area contributed by atoms with Crippen molar-refractivity contribution in [2.24, 2.45) is 5.41 Å². The van der Waals surface area contributed by atoms with Crippen LogP contribution in [0.2, 0.25) is 0 Å². The SMILES string of the molecule is CNC(=O)C(C)(C)CNC(=O)c1cccc(Br)c1F. The summed E-state index contributed by atoms with van der Waals surface area (Å²) in [7, 11) is 1.53. The second-order valence-electron chi connectivity index (χ2n) is 4.75. The van der Waals surface area contributed by atoms with E-state index in [0.717, 1.165) is 0 Å². The van der Waals surface area contributed by atoms with Gasteiger partial charge >= 0.3 is 0 Å². The van der Waals surface area contributed by atoms with E-state index in [4.69, 9.17) is 0 Å². The Labute approximate surface area is 119 Å². The van der Waals surface area contributed by atoms with E-state index < -0.39 is 17.1 Å². The second-order valence-corrected chi connectivity index (χ2v) is 5.60. The van der Waals surface area contributed by atoms with Gasteiger partial charge in [-0.25, -0.2) is 4.39 Å². The molecule has 19 heavy (non-hydrogen) atoms. The average Bonchev–Trinajstić information content (AvgIpc) is 2.38. The highest BCUT2D eigenvalue weighted by molar-refractivity contribution is 9.10. The monoisotopic (exact) mass is 330 g/mol. The summed E-state index contributed by atoms with van der Waals surface area (Å²) in [5, 5.41) is 5.08. The number of amides is 2. The molecule has 0 heterocycles. The fourth-order valence-corrected chi connectivity index (χ4v) is 1.86. The molecule has 0 bridgehead atoms. The third kappa shape index (κ3) is 3.76. The Morgan fingerprint density at radius 3 is 2.58 bits per heavy atom. The third-order valence-electron chi connectivity index (χ3n) is 2.73. The van der Waals surface area contributed by atoms with Crippen molar-refractivity contribution in [2.75, 3.05) is 13.6 Å². The predicted molar refractivity (Wildman–Crippen MR) is 74.3 cm³/mol.